The fourth-order valence-electron chi connectivity index (χ4n) is 3.16. The highest BCUT2D eigenvalue weighted by Gasteiger charge is 2.20. The summed E-state index contributed by atoms with van der Waals surface area (Å²) in [6, 6.07) is 18.0. The van der Waals surface area contributed by atoms with Crippen molar-refractivity contribution in [3.8, 4) is 11.8 Å². The van der Waals surface area contributed by atoms with Crippen LogP contribution in [0.15, 0.2) is 60.9 Å². The van der Waals surface area contributed by atoms with Gasteiger partial charge in [0.25, 0.3) is 0 Å². The first-order valence-corrected chi connectivity index (χ1v) is 9.25. The molecule has 3 rings (SSSR count). The van der Waals surface area contributed by atoms with Gasteiger partial charge in [-0.2, -0.15) is 5.26 Å². The first-order valence-electron chi connectivity index (χ1n) is 9.25. The molecule has 0 amide bonds. The quantitative estimate of drug-likeness (QED) is 0.614. The number of hydrogen-bond acceptors (Lipinski definition) is 5. The Bertz CT molecular complexity index is 966. The number of methoxy groups -OCH3 is 1. The van der Waals surface area contributed by atoms with Gasteiger partial charge in [-0.15, -0.1) is 0 Å². The number of benzene rings is 1. The number of pyridine rings is 2. The molecule has 3 aromatic rings. The third kappa shape index (κ3) is 4.54. The lowest BCUT2D eigenvalue weighted by molar-refractivity contribution is 0.185. The van der Waals surface area contributed by atoms with Crippen LogP contribution in [0.5, 0.6) is 5.75 Å². The molecule has 0 aliphatic heterocycles. The van der Waals surface area contributed by atoms with Crippen LogP contribution in [0.2, 0.25) is 0 Å². The molecule has 2 heterocycles. The predicted octanol–water partition coefficient (Wildman–Crippen LogP) is 4.43. The second kappa shape index (κ2) is 9.12. The smallest absolute Gasteiger partial charge is 0.120 e. The van der Waals surface area contributed by atoms with E-state index in [0.29, 0.717) is 24.4 Å². The minimum atomic E-state index is 0.0660. The van der Waals surface area contributed by atoms with E-state index in [1.165, 1.54) is 0 Å². The summed E-state index contributed by atoms with van der Waals surface area (Å²) >= 11 is 0. The molecule has 1 aromatic carbocycles. The third-order valence-electron chi connectivity index (χ3n) is 4.95. The molecule has 142 valence electrons. The van der Waals surface area contributed by atoms with Crippen molar-refractivity contribution in [2.24, 2.45) is 0 Å². The summed E-state index contributed by atoms with van der Waals surface area (Å²) in [7, 11) is 1.61. The van der Waals surface area contributed by atoms with E-state index >= 15 is 0 Å². The average molecular weight is 372 g/mol. The number of aryl methyl sites for hydroxylation is 1. The highest BCUT2D eigenvalue weighted by molar-refractivity contribution is 5.43. The van der Waals surface area contributed by atoms with Gasteiger partial charge in [-0.05, 0) is 55.3 Å². The van der Waals surface area contributed by atoms with E-state index in [1.807, 2.05) is 48.8 Å². The van der Waals surface area contributed by atoms with Gasteiger partial charge in [0.05, 0.1) is 30.1 Å². The second-order valence-electron chi connectivity index (χ2n) is 6.74. The van der Waals surface area contributed by atoms with Crippen LogP contribution in [0.3, 0.4) is 0 Å². The molecule has 2 aromatic heterocycles. The van der Waals surface area contributed by atoms with Crippen molar-refractivity contribution in [2.45, 2.75) is 33.0 Å². The molecule has 28 heavy (non-hydrogen) atoms. The van der Waals surface area contributed by atoms with Crippen LogP contribution < -0.4 is 4.74 Å². The first-order chi connectivity index (χ1) is 13.6. The summed E-state index contributed by atoms with van der Waals surface area (Å²) < 4.78 is 5.26. The summed E-state index contributed by atoms with van der Waals surface area (Å²) in [6.45, 7) is 5.48. The Hall–Kier alpha value is -3.23. The fourth-order valence-corrected chi connectivity index (χ4v) is 3.16. The van der Waals surface area contributed by atoms with Crippen LogP contribution in [-0.4, -0.2) is 22.0 Å². The van der Waals surface area contributed by atoms with Crippen LogP contribution in [0.25, 0.3) is 0 Å². The number of nitriles is 1. The van der Waals surface area contributed by atoms with Gasteiger partial charge in [-0.1, -0.05) is 18.2 Å². The molecule has 0 aliphatic rings. The third-order valence-corrected chi connectivity index (χ3v) is 4.95. The molecule has 0 saturated carbocycles. The SMILES string of the molecule is COc1ccc(CN(Cc2ncccc2C)C(C)c2ccccn2)c(C#N)c1. The minimum absolute atomic E-state index is 0.0660. The van der Waals surface area contributed by atoms with E-state index in [-0.39, 0.29) is 6.04 Å². The Morgan fingerprint density at radius 2 is 1.89 bits per heavy atom. The van der Waals surface area contributed by atoms with Crippen molar-refractivity contribution in [3.63, 3.8) is 0 Å². The van der Waals surface area contributed by atoms with Gasteiger partial charge < -0.3 is 4.74 Å². The Labute approximate surface area is 166 Å². The van der Waals surface area contributed by atoms with Gasteiger partial charge in [0.1, 0.15) is 5.75 Å². The summed E-state index contributed by atoms with van der Waals surface area (Å²) in [5.74, 6) is 0.685. The van der Waals surface area contributed by atoms with E-state index in [4.69, 9.17) is 4.74 Å². The Morgan fingerprint density at radius 3 is 2.57 bits per heavy atom. The summed E-state index contributed by atoms with van der Waals surface area (Å²) in [4.78, 5) is 11.4. The number of hydrogen-bond donors (Lipinski definition) is 0. The molecule has 0 aliphatic carbocycles. The van der Waals surface area contributed by atoms with Gasteiger partial charge in [-0.3, -0.25) is 14.9 Å². The second-order valence-corrected chi connectivity index (χ2v) is 6.74. The maximum atomic E-state index is 9.59. The summed E-state index contributed by atoms with van der Waals surface area (Å²) in [5, 5.41) is 9.59. The van der Waals surface area contributed by atoms with Crippen molar-refractivity contribution in [1.82, 2.24) is 14.9 Å². The number of rotatable bonds is 7. The molecule has 5 nitrogen and oxygen atoms in total. The average Bonchev–Trinajstić information content (AvgIpc) is 2.75. The molecule has 0 fully saturated rings. The number of ether oxygens (including phenoxy) is 1. The van der Waals surface area contributed by atoms with Gasteiger partial charge in [-0.25, -0.2) is 0 Å². The van der Waals surface area contributed by atoms with Crippen LogP contribution in [-0.2, 0) is 13.1 Å². The van der Waals surface area contributed by atoms with Crippen molar-refractivity contribution in [2.75, 3.05) is 7.11 Å². The lowest BCUT2D eigenvalue weighted by atomic mass is 10.0. The van der Waals surface area contributed by atoms with Crippen molar-refractivity contribution < 1.29 is 4.74 Å². The molecule has 1 unspecified atom stereocenters. The van der Waals surface area contributed by atoms with Crippen molar-refractivity contribution in [3.05, 3.63) is 89.0 Å². The van der Waals surface area contributed by atoms with E-state index < -0.39 is 0 Å². The fraction of sp³-hybridized carbons (Fsp3) is 0.261. The van der Waals surface area contributed by atoms with Crippen LogP contribution in [0, 0.1) is 18.3 Å². The lowest BCUT2D eigenvalue weighted by Gasteiger charge is -2.29. The minimum Gasteiger partial charge on any atom is -0.497 e. The van der Waals surface area contributed by atoms with Gasteiger partial charge in [0, 0.05) is 31.5 Å². The van der Waals surface area contributed by atoms with Gasteiger partial charge in [0.2, 0.25) is 0 Å². The van der Waals surface area contributed by atoms with Gasteiger partial charge >= 0.3 is 0 Å². The molecule has 1 atom stereocenters. The van der Waals surface area contributed by atoms with Crippen LogP contribution >= 0.6 is 0 Å². The zero-order valence-corrected chi connectivity index (χ0v) is 16.5. The van der Waals surface area contributed by atoms with Crippen molar-refractivity contribution >= 4 is 0 Å². The van der Waals surface area contributed by atoms with Crippen molar-refractivity contribution in [1.29, 1.82) is 5.26 Å². The monoisotopic (exact) mass is 372 g/mol. The molecule has 0 N–H and O–H groups in total. The van der Waals surface area contributed by atoms with E-state index in [9.17, 15) is 5.26 Å². The first kappa shape index (κ1) is 19.5. The molecule has 0 saturated heterocycles. The number of nitrogens with zero attached hydrogens (tertiary/aromatic N) is 4. The zero-order valence-electron chi connectivity index (χ0n) is 16.5. The molecule has 0 radical (unpaired) electrons. The summed E-state index contributed by atoms with van der Waals surface area (Å²) in [5.41, 5.74) is 4.74. The molecular formula is C23H24N4O. The van der Waals surface area contributed by atoms with Crippen LogP contribution in [0.1, 0.15) is 41.0 Å². The maximum absolute atomic E-state index is 9.59. The summed E-state index contributed by atoms with van der Waals surface area (Å²) in [6.07, 6.45) is 3.63. The lowest BCUT2D eigenvalue weighted by Crippen LogP contribution is -2.28. The van der Waals surface area contributed by atoms with E-state index in [1.54, 1.807) is 13.2 Å². The molecule has 0 bridgehead atoms. The predicted molar refractivity (Wildman–Crippen MR) is 109 cm³/mol. The molecular weight excluding hydrogens is 348 g/mol. The Morgan fingerprint density at radius 1 is 1.07 bits per heavy atom. The standard InChI is InChI=1S/C23H24N4O/c1-17-7-6-12-26-23(17)16-27(18(2)22-8-4-5-11-25-22)15-19-9-10-21(28-3)13-20(19)14-24/h4-13,18H,15-16H2,1-3H3. The van der Waals surface area contributed by atoms with E-state index in [2.05, 4.69) is 40.9 Å². The molecule has 0 spiro atoms. The maximum Gasteiger partial charge on any atom is 0.120 e. The topological polar surface area (TPSA) is 62.0 Å². The highest BCUT2D eigenvalue weighted by Crippen LogP contribution is 2.26. The van der Waals surface area contributed by atoms with Gasteiger partial charge in [0.15, 0.2) is 0 Å². The molecule has 5 heteroatoms. The normalized spacial score (nSPS) is 11.8. The number of aromatic nitrogens is 2. The Balaban J connectivity index is 1.94. The van der Waals surface area contributed by atoms with Crippen LogP contribution in [0.4, 0.5) is 0 Å². The Kier molecular flexibility index (Phi) is 6.36. The van der Waals surface area contributed by atoms with E-state index in [0.717, 1.165) is 22.5 Å². The zero-order chi connectivity index (χ0) is 19.9. The highest BCUT2D eigenvalue weighted by atomic mass is 16.5. The largest absolute Gasteiger partial charge is 0.497 e.